The Morgan fingerprint density at radius 3 is 2.80 bits per heavy atom. The third kappa shape index (κ3) is 2.56. The summed E-state index contributed by atoms with van der Waals surface area (Å²) in [5.41, 5.74) is 2.58. The van der Waals surface area contributed by atoms with Crippen molar-refractivity contribution in [1.29, 1.82) is 0 Å². The number of benzene rings is 1. The molecule has 25 heavy (non-hydrogen) atoms. The summed E-state index contributed by atoms with van der Waals surface area (Å²) in [6.45, 7) is 0.368. The van der Waals surface area contributed by atoms with Crippen LogP contribution in [0.2, 0.25) is 0 Å². The van der Waals surface area contributed by atoms with Gasteiger partial charge in [-0.15, -0.1) is 0 Å². The zero-order valence-corrected chi connectivity index (χ0v) is 13.8. The van der Waals surface area contributed by atoms with Crippen molar-refractivity contribution in [2.24, 2.45) is 0 Å². The Morgan fingerprint density at radius 1 is 1.16 bits per heavy atom. The van der Waals surface area contributed by atoms with Crippen LogP contribution < -0.4 is 0 Å². The highest BCUT2D eigenvalue weighted by Gasteiger charge is 2.19. The minimum Gasteiger partial charge on any atom is -0.464 e. The number of hydrogen-bond donors (Lipinski definition) is 1. The van der Waals surface area contributed by atoms with Crippen LogP contribution in [0.1, 0.15) is 16.2 Å². The van der Waals surface area contributed by atoms with Crippen LogP contribution in [0.25, 0.3) is 33.3 Å². The van der Waals surface area contributed by atoms with Crippen molar-refractivity contribution in [2.75, 3.05) is 14.2 Å². The molecular formula is C19H16N2O4. The summed E-state index contributed by atoms with van der Waals surface area (Å²) < 4.78 is 15.8. The van der Waals surface area contributed by atoms with Gasteiger partial charge in [-0.2, -0.15) is 0 Å². The molecule has 3 aromatic heterocycles. The lowest BCUT2D eigenvalue weighted by Crippen LogP contribution is -2.05. The maximum Gasteiger partial charge on any atom is 0.356 e. The van der Waals surface area contributed by atoms with E-state index in [1.165, 1.54) is 7.11 Å². The van der Waals surface area contributed by atoms with Crippen LogP contribution in [0, 0.1) is 0 Å². The molecule has 0 bridgehead atoms. The summed E-state index contributed by atoms with van der Waals surface area (Å²) in [5, 5.41) is 1.90. The van der Waals surface area contributed by atoms with Gasteiger partial charge in [0.05, 0.1) is 12.6 Å². The van der Waals surface area contributed by atoms with Gasteiger partial charge in [0, 0.05) is 23.4 Å². The highest BCUT2D eigenvalue weighted by molar-refractivity contribution is 6.12. The Kier molecular flexibility index (Phi) is 3.74. The molecule has 0 aliphatic rings. The minimum atomic E-state index is -0.489. The van der Waals surface area contributed by atoms with Crippen LogP contribution in [0.5, 0.6) is 0 Å². The SMILES string of the molecule is COCc1ccc(-c2nc(C(=O)OC)cc3c2[nH]c2ccccc23)o1. The van der Waals surface area contributed by atoms with E-state index in [1.807, 2.05) is 36.4 Å². The van der Waals surface area contributed by atoms with Crippen molar-refractivity contribution in [3.05, 3.63) is 53.9 Å². The van der Waals surface area contributed by atoms with Gasteiger partial charge >= 0.3 is 5.97 Å². The molecule has 0 spiro atoms. The molecule has 0 aliphatic heterocycles. The zero-order chi connectivity index (χ0) is 17.4. The molecule has 1 aromatic carbocycles. The second-order valence-electron chi connectivity index (χ2n) is 5.64. The number of pyridine rings is 1. The molecule has 0 saturated heterocycles. The number of H-pyrrole nitrogens is 1. The van der Waals surface area contributed by atoms with Crippen LogP contribution >= 0.6 is 0 Å². The first kappa shape index (κ1) is 15.4. The number of fused-ring (bicyclic) bond motifs is 3. The van der Waals surface area contributed by atoms with E-state index >= 15 is 0 Å². The number of aromatic nitrogens is 2. The first-order valence-corrected chi connectivity index (χ1v) is 7.79. The van der Waals surface area contributed by atoms with Crippen molar-refractivity contribution >= 4 is 27.8 Å². The van der Waals surface area contributed by atoms with E-state index in [0.717, 1.165) is 21.8 Å². The third-order valence-corrected chi connectivity index (χ3v) is 4.07. The van der Waals surface area contributed by atoms with E-state index in [2.05, 4.69) is 9.97 Å². The van der Waals surface area contributed by atoms with Crippen molar-refractivity contribution in [1.82, 2.24) is 9.97 Å². The lowest BCUT2D eigenvalue weighted by Gasteiger charge is -2.04. The molecule has 0 saturated carbocycles. The van der Waals surface area contributed by atoms with Gasteiger partial charge in [-0.1, -0.05) is 18.2 Å². The molecule has 6 nitrogen and oxygen atoms in total. The number of hydrogen-bond acceptors (Lipinski definition) is 5. The van der Waals surface area contributed by atoms with Gasteiger partial charge < -0.3 is 18.9 Å². The molecule has 0 amide bonds. The molecule has 6 heteroatoms. The van der Waals surface area contributed by atoms with Crippen LogP contribution in [0.3, 0.4) is 0 Å². The summed E-state index contributed by atoms with van der Waals surface area (Å²) in [4.78, 5) is 19.9. The third-order valence-electron chi connectivity index (χ3n) is 4.07. The van der Waals surface area contributed by atoms with Gasteiger partial charge in [0.2, 0.25) is 0 Å². The number of methoxy groups -OCH3 is 2. The van der Waals surface area contributed by atoms with Gasteiger partial charge in [-0.3, -0.25) is 0 Å². The smallest absolute Gasteiger partial charge is 0.356 e. The lowest BCUT2D eigenvalue weighted by atomic mass is 10.1. The topological polar surface area (TPSA) is 77.4 Å². The average Bonchev–Trinajstić information content (AvgIpc) is 3.25. The van der Waals surface area contributed by atoms with Crippen LogP contribution in [-0.2, 0) is 16.1 Å². The predicted octanol–water partition coefficient (Wildman–Crippen LogP) is 3.91. The molecule has 0 radical (unpaired) electrons. The second kappa shape index (κ2) is 6.07. The number of carbonyl (C=O) groups is 1. The maximum atomic E-state index is 12.1. The van der Waals surface area contributed by atoms with E-state index < -0.39 is 5.97 Å². The Morgan fingerprint density at radius 2 is 2.00 bits per heavy atom. The van der Waals surface area contributed by atoms with Crippen LogP contribution in [-0.4, -0.2) is 30.2 Å². The summed E-state index contributed by atoms with van der Waals surface area (Å²) >= 11 is 0. The van der Waals surface area contributed by atoms with Crippen molar-refractivity contribution in [3.63, 3.8) is 0 Å². The number of ether oxygens (including phenoxy) is 2. The number of nitrogens with one attached hydrogen (secondary N) is 1. The fourth-order valence-corrected chi connectivity index (χ4v) is 2.96. The van der Waals surface area contributed by atoms with E-state index in [1.54, 1.807) is 13.2 Å². The summed E-state index contributed by atoms with van der Waals surface area (Å²) in [6.07, 6.45) is 0. The maximum absolute atomic E-state index is 12.1. The average molecular weight is 336 g/mol. The molecule has 4 aromatic rings. The van der Waals surface area contributed by atoms with Gasteiger partial charge in [0.15, 0.2) is 5.76 Å². The lowest BCUT2D eigenvalue weighted by molar-refractivity contribution is 0.0594. The van der Waals surface area contributed by atoms with E-state index in [4.69, 9.17) is 13.9 Å². The normalized spacial score (nSPS) is 11.3. The first-order valence-electron chi connectivity index (χ1n) is 7.79. The van der Waals surface area contributed by atoms with Crippen molar-refractivity contribution in [3.8, 4) is 11.5 Å². The number of carbonyl (C=O) groups excluding carboxylic acids is 1. The Bertz CT molecular complexity index is 1080. The summed E-state index contributed by atoms with van der Waals surface area (Å²) in [5.74, 6) is 0.762. The summed E-state index contributed by atoms with van der Waals surface area (Å²) in [7, 11) is 2.95. The van der Waals surface area contributed by atoms with E-state index in [0.29, 0.717) is 23.8 Å². The van der Waals surface area contributed by atoms with Gasteiger partial charge in [0.25, 0.3) is 0 Å². The molecule has 126 valence electrons. The van der Waals surface area contributed by atoms with Gasteiger partial charge in [-0.05, 0) is 24.3 Å². The molecular weight excluding hydrogens is 320 g/mol. The number of nitrogens with zero attached hydrogens (tertiary/aromatic N) is 1. The van der Waals surface area contributed by atoms with Crippen LogP contribution in [0.15, 0.2) is 46.9 Å². The predicted molar refractivity (Wildman–Crippen MR) is 93.4 cm³/mol. The fourth-order valence-electron chi connectivity index (χ4n) is 2.96. The number of esters is 1. The monoisotopic (exact) mass is 336 g/mol. The van der Waals surface area contributed by atoms with Crippen molar-refractivity contribution < 1.29 is 18.7 Å². The van der Waals surface area contributed by atoms with Gasteiger partial charge in [0.1, 0.15) is 23.8 Å². The number of aromatic amines is 1. The van der Waals surface area contributed by atoms with Crippen molar-refractivity contribution in [2.45, 2.75) is 6.61 Å². The molecule has 4 rings (SSSR count). The minimum absolute atomic E-state index is 0.236. The number of furan rings is 1. The highest BCUT2D eigenvalue weighted by Crippen LogP contribution is 2.33. The van der Waals surface area contributed by atoms with E-state index in [-0.39, 0.29) is 5.69 Å². The molecule has 0 unspecified atom stereocenters. The molecule has 1 N–H and O–H groups in total. The zero-order valence-electron chi connectivity index (χ0n) is 13.8. The molecule has 0 fully saturated rings. The molecule has 3 heterocycles. The van der Waals surface area contributed by atoms with Crippen LogP contribution in [0.4, 0.5) is 0 Å². The number of rotatable bonds is 4. The number of para-hydroxylation sites is 1. The largest absolute Gasteiger partial charge is 0.464 e. The summed E-state index contributed by atoms with van der Waals surface area (Å²) in [6, 6.07) is 13.3. The standard InChI is InChI=1S/C19H16N2O4/c1-23-10-11-7-8-16(25-11)18-17-13(9-15(21-18)19(22)24-2)12-5-3-4-6-14(12)20-17/h3-9,20H,10H2,1-2H3. The van der Waals surface area contributed by atoms with Gasteiger partial charge in [-0.25, -0.2) is 9.78 Å². The van der Waals surface area contributed by atoms with E-state index in [9.17, 15) is 4.79 Å². The Hall–Kier alpha value is -3.12. The second-order valence-corrected chi connectivity index (χ2v) is 5.64. The quantitative estimate of drug-likeness (QED) is 0.572. The molecule has 0 aliphatic carbocycles. The first-order chi connectivity index (χ1) is 12.2. The Balaban J connectivity index is 2.01. The fraction of sp³-hybridized carbons (Fsp3) is 0.158. The Labute approximate surface area is 143 Å². The molecule has 0 atom stereocenters. The highest BCUT2D eigenvalue weighted by atomic mass is 16.5.